The highest BCUT2D eigenvalue weighted by Gasteiger charge is 2.34. The normalized spacial score (nSPS) is 13.2. The van der Waals surface area contributed by atoms with Crippen molar-refractivity contribution in [3.05, 3.63) is 30.3 Å². The molecule has 1 amide bonds. The number of para-hydroxylation sites is 1. The predicted octanol–water partition coefficient (Wildman–Crippen LogP) is 2.31. The first-order valence-corrected chi connectivity index (χ1v) is 8.20. The van der Waals surface area contributed by atoms with E-state index in [1.807, 2.05) is 44.2 Å². The molecular formula is C18H26N2O4. The van der Waals surface area contributed by atoms with Gasteiger partial charge in [0.2, 0.25) is 5.91 Å². The van der Waals surface area contributed by atoms with Crippen LogP contribution in [0.5, 0.6) is 0 Å². The third kappa shape index (κ3) is 6.02. The Bertz CT molecular complexity index is 557. The number of amides is 1. The van der Waals surface area contributed by atoms with Gasteiger partial charge in [-0.2, -0.15) is 0 Å². The highest BCUT2D eigenvalue weighted by atomic mass is 16.4. The molecule has 3 N–H and O–H groups in total. The van der Waals surface area contributed by atoms with Crippen molar-refractivity contribution in [1.82, 2.24) is 5.32 Å². The topological polar surface area (TPSA) is 95.5 Å². The van der Waals surface area contributed by atoms with Gasteiger partial charge in [0.25, 0.3) is 0 Å². The Labute approximate surface area is 142 Å². The fraction of sp³-hybridized carbons (Fsp3) is 0.500. The zero-order chi connectivity index (χ0) is 18.1. The van der Waals surface area contributed by atoms with Crippen molar-refractivity contribution in [2.45, 2.75) is 39.7 Å². The molecule has 0 fully saturated rings. The van der Waals surface area contributed by atoms with Crippen LogP contribution < -0.4 is 10.6 Å². The van der Waals surface area contributed by atoms with Crippen LogP contribution in [0.15, 0.2) is 30.3 Å². The van der Waals surface area contributed by atoms with E-state index in [9.17, 15) is 14.4 Å². The molecule has 0 heterocycles. The quantitative estimate of drug-likeness (QED) is 0.610. The highest BCUT2D eigenvalue weighted by Crippen LogP contribution is 2.22. The molecule has 24 heavy (non-hydrogen) atoms. The number of hydrogen-bond acceptors (Lipinski definition) is 4. The van der Waals surface area contributed by atoms with Crippen molar-refractivity contribution in [2.24, 2.45) is 11.8 Å². The Balaban J connectivity index is 2.98. The van der Waals surface area contributed by atoms with Gasteiger partial charge < -0.3 is 15.7 Å². The third-order valence-corrected chi connectivity index (χ3v) is 3.81. The molecule has 0 radical (unpaired) electrons. The number of carboxylic acid groups (broad SMARTS) is 1. The second-order valence-electron chi connectivity index (χ2n) is 6.01. The van der Waals surface area contributed by atoms with Crippen molar-refractivity contribution in [3.8, 4) is 0 Å². The Morgan fingerprint density at radius 2 is 1.75 bits per heavy atom. The number of benzene rings is 1. The maximum atomic E-state index is 12.6. The van der Waals surface area contributed by atoms with E-state index in [2.05, 4.69) is 10.6 Å². The summed E-state index contributed by atoms with van der Waals surface area (Å²) < 4.78 is 0. The number of Topliss-reactive ketones (excluding diaryl/α,β-unsaturated/α-hetero) is 1. The summed E-state index contributed by atoms with van der Waals surface area (Å²) in [6.07, 6.45) is 0.191. The number of hydrogen-bond donors (Lipinski definition) is 3. The Morgan fingerprint density at radius 3 is 2.25 bits per heavy atom. The van der Waals surface area contributed by atoms with Crippen molar-refractivity contribution in [1.29, 1.82) is 0 Å². The number of anilines is 1. The summed E-state index contributed by atoms with van der Waals surface area (Å²) >= 11 is 0. The Morgan fingerprint density at radius 1 is 1.12 bits per heavy atom. The van der Waals surface area contributed by atoms with Crippen LogP contribution in [0.1, 0.15) is 33.6 Å². The van der Waals surface area contributed by atoms with Crippen molar-refractivity contribution in [2.75, 3.05) is 11.9 Å². The molecule has 1 aromatic carbocycles. The molecule has 0 saturated heterocycles. The van der Waals surface area contributed by atoms with Crippen LogP contribution >= 0.6 is 0 Å². The van der Waals surface area contributed by atoms with Crippen LogP contribution in [-0.4, -0.2) is 35.4 Å². The molecule has 0 aliphatic heterocycles. The lowest BCUT2D eigenvalue weighted by molar-refractivity contribution is -0.137. The molecule has 1 rings (SSSR count). The summed E-state index contributed by atoms with van der Waals surface area (Å²) in [6, 6.07) is 8.45. The first kappa shape index (κ1) is 19.7. The predicted molar refractivity (Wildman–Crippen MR) is 92.7 cm³/mol. The van der Waals surface area contributed by atoms with Gasteiger partial charge in [0.05, 0.1) is 6.42 Å². The Hall–Kier alpha value is -2.37. The zero-order valence-electron chi connectivity index (χ0n) is 14.4. The number of rotatable bonds is 10. The second kappa shape index (κ2) is 9.70. The molecule has 132 valence electrons. The van der Waals surface area contributed by atoms with Gasteiger partial charge in [-0.1, -0.05) is 39.0 Å². The fourth-order valence-corrected chi connectivity index (χ4v) is 2.61. The van der Waals surface area contributed by atoms with Gasteiger partial charge in [0.15, 0.2) is 0 Å². The minimum absolute atomic E-state index is 0.00631. The standard InChI is InChI=1S/C18H26N2O4/c1-4-14(21)16(12(2)3)17(18(24)19-11-10-15(22)23)20-13-8-6-5-7-9-13/h5-9,12,16-17,20H,4,10-11H2,1-3H3,(H,19,24)(H,22,23)/t16?,17-/m0/s1. The van der Waals surface area contributed by atoms with Gasteiger partial charge in [0.1, 0.15) is 11.8 Å². The largest absolute Gasteiger partial charge is 0.481 e. The lowest BCUT2D eigenvalue weighted by atomic mass is 9.83. The number of aliphatic carboxylic acids is 1. The maximum absolute atomic E-state index is 12.6. The molecule has 2 atom stereocenters. The summed E-state index contributed by atoms with van der Waals surface area (Å²) in [5, 5.41) is 14.5. The maximum Gasteiger partial charge on any atom is 0.305 e. The molecule has 1 aromatic rings. The second-order valence-corrected chi connectivity index (χ2v) is 6.01. The summed E-state index contributed by atoms with van der Waals surface area (Å²) in [4.78, 5) is 35.6. The molecule has 0 aliphatic rings. The molecule has 0 aromatic heterocycles. The molecule has 1 unspecified atom stereocenters. The van der Waals surface area contributed by atoms with E-state index in [1.54, 1.807) is 6.92 Å². The van der Waals surface area contributed by atoms with E-state index in [1.165, 1.54) is 0 Å². The van der Waals surface area contributed by atoms with Crippen molar-refractivity contribution < 1.29 is 19.5 Å². The van der Waals surface area contributed by atoms with E-state index in [0.717, 1.165) is 5.69 Å². The van der Waals surface area contributed by atoms with Crippen LogP contribution in [0.4, 0.5) is 5.69 Å². The van der Waals surface area contributed by atoms with Gasteiger partial charge in [0, 0.05) is 24.6 Å². The SMILES string of the molecule is CCC(=O)C(C(C)C)[C@H](Nc1ccccc1)C(=O)NCCC(=O)O. The lowest BCUT2D eigenvalue weighted by Crippen LogP contribution is -2.49. The number of carboxylic acids is 1. The van der Waals surface area contributed by atoms with Gasteiger partial charge in [-0.3, -0.25) is 14.4 Å². The van der Waals surface area contributed by atoms with E-state index >= 15 is 0 Å². The van der Waals surface area contributed by atoms with Crippen LogP contribution in [0.3, 0.4) is 0 Å². The average Bonchev–Trinajstić information content (AvgIpc) is 2.54. The lowest BCUT2D eigenvalue weighted by Gasteiger charge is -2.29. The Kier molecular flexibility index (Phi) is 7.95. The zero-order valence-corrected chi connectivity index (χ0v) is 14.4. The first-order chi connectivity index (χ1) is 11.4. The molecule has 0 saturated carbocycles. The highest BCUT2D eigenvalue weighted by molar-refractivity contribution is 5.93. The average molecular weight is 334 g/mol. The van der Waals surface area contributed by atoms with Crippen LogP contribution in [0, 0.1) is 11.8 Å². The monoisotopic (exact) mass is 334 g/mol. The van der Waals surface area contributed by atoms with Gasteiger partial charge >= 0.3 is 5.97 Å². The number of carbonyl (C=O) groups excluding carboxylic acids is 2. The molecule has 6 nitrogen and oxygen atoms in total. The summed E-state index contributed by atoms with van der Waals surface area (Å²) in [5.41, 5.74) is 0.741. The van der Waals surface area contributed by atoms with Gasteiger partial charge in [-0.05, 0) is 18.1 Å². The molecule has 0 bridgehead atoms. The van der Waals surface area contributed by atoms with E-state index in [0.29, 0.717) is 6.42 Å². The van der Waals surface area contributed by atoms with Crippen LogP contribution in [-0.2, 0) is 14.4 Å². The molecule has 0 spiro atoms. The van der Waals surface area contributed by atoms with Crippen LogP contribution in [0.25, 0.3) is 0 Å². The van der Waals surface area contributed by atoms with Gasteiger partial charge in [-0.15, -0.1) is 0 Å². The molecule has 0 aliphatic carbocycles. The van der Waals surface area contributed by atoms with Crippen LogP contribution in [0.2, 0.25) is 0 Å². The third-order valence-electron chi connectivity index (χ3n) is 3.81. The minimum Gasteiger partial charge on any atom is -0.481 e. The van der Waals surface area contributed by atoms with Crippen molar-refractivity contribution in [3.63, 3.8) is 0 Å². The van der Waals surface area contributed by atoms with Gasteiger partial charge in [-0.25, -0.2) is 0 Å². The fourth-order valence-electron chi connectivity index (χ4n) is 2.61. The number of carbonyl (C=O) groups is 3. The summed E-state index contributed by atoms with van der Waals surface area (Å²) in [6.45, 7) is 5.62. The first-order valence-electron chi connectivity index (χ1n) is 8.20. The summed E-state index contributed by atoms with van der Waals surface area (Å²) in [5.74, 6) is -1.84. The van der Waals surface area contributed by atoms with E-state index in [-0.39, 0.29) is 30.6 Å². The number of nitrogens with one attached hydrogen (secondary N) is 2. The number of ketones is 1. The molecular weight excluding hydrogens is 308 g/mol. The summed E-state index contributed by atoms with van der Waals surface area (Å²) in [7, 11) is 0. The minimum atomic E-state index is -0.979. The van der Waals surface area contributed by atoms with Crippen molar-refractivity contribution >= 4 is 23.3 Å². The smallest absolute Gasteiger partial charge is 0.305 e. The van der Waals surface area contributed by atoms with E-state index in [4.69, 9.17) is 5.11 Å². The molecule has 6 heteroatoms. The van der Waals surface area contributed by atoms with E-state index < -0.39 is 17.9 Å².